The molecule has 1 aliphatic heterocycles. The van der Waals surface area contributed by atoms with Crippen LogP contribution in [0.4, 0.5) is 5.95 Å². The van der Waals surface area contributed by atoms with Gasteiger partial charge in [-0.25, -0.2) is 9.67 Å². The van der Waals surface area contributed by atoms with Crippen molar-refractivity contribution in [2.45, 2.75) is 18.1 Å². The van der Waals surface area contributed by atoms with Crippen molar-refractivity contribution in [3.05, 3.63) is 35.9 Å². The molecule has 2 aromatic rings. The molecule has 1 aliphatic rings. The number of fused-ring (bicyclic) bond motifs is 1. The Labute approximate surface area is 120 Å². The van der Waals surface area contributed by atoms with Gasteiger partial charge in [-0.1, -0.05) is 47.2 Å². The highest BCUT2D eigenvalue weighted by Gasteiger charge is 2.31. The first-order valence-electron chi connectivity index (χ1n) is 6.07. The van der Waals surface area contributed by atoms with E-state index in [-0.39, 0.29) is 6.04 Å². The summed E-state index contributed by atoms with van der Waals surface area (Å²) in [5.41, 5.74) is 2.11. The maximum atomic E-state index is 9.32. The average molecular weight is 287 g/mol. The number of oxime groups is 1. The number of benzene rings is 1. The lowest BCUT2D eigenvalue weighted by molar-refractivity contribution is 0.316. The molecule has 7 heteroatoms. The monoisotopic (exact) mass is 287 g/mol. The van der Waals surface area contributed by atoms with Crippen molar-refractivity contribution in [2.75, 3.05) is 6.26 Å². The van der Waals surface area contributed by atoms with E-state index in [4.69, 9.17) is 0 Å². The third kappa shape index (κ3) is 2.00. The van der Waals surface area contributed by atoms with E-state index in [0.29, 0.717) is 22.5 Å². The van der Waals surface area contributed by atoms with Gasteiger partial charge in [-0.05, 0) is 18.7 Å². The summed E-state index contributed by atoms with van der Waals surface area (Å²) in [5, 5.41) is 17.8. The van der Waals surface area contributed by atoms with Crippen molar-refractivity contribution in [1.29, 1.82) is 0 Å². The highest BCUT2D eigenvalue weighted by Crippen LogP contribution is 2.30. The predicted octanol–water partition coefficient (Wildman–Crippen LogP) is 2.53. The van der Waals surface area contributed by atoms with Gasteiger partial charge < -0.3 is 5.21 Å². The molecular formula is C13H13N5OS. The summed E-state index contributed by atoms with van der Waals surface area (Å²) < 4.78 is 1.70. The Hall–Kier alpha value is -2.15. The summed E-state index contributed by atoms with van der Waals surface area (Å²) in [6.45, 7) is 1.81. The largest absolute Gasteiger partial charge is 0.411 e. The molecule has 0 amide bonds. The van der Waals surface area contributed by atoms with Crippen LogP contribution in [0.1, 0.15) is 18.5 Å². The van der Waals surface area contributed by atoms with E-state index in [2.05, 4.69) is 20.2 Å². The van der Waals surface area contributed by atoms with Gasteiger partial charge in [0.15, 0.2) is 0 Å². The Morgan fingerprint density at radius 3 is 2.70 bits per heavy atom. The smallest absolute Gasteiger partial charge is 0.250 e. The molecule has 0 spiro atoms. The zero-order valence-electron chi connectivity index (χ0n) is 11.1. The van der Waals surface area contributed by atoms with E-state index in [1.807, 2.05) is 43.5 Å². The van der Waals surface area contributed by atoms with Crippen molar-refractivity contribution in [2.24, 2.45) is 10.1 Å². The fourth-order valence-electron chi connectivity index (χ4n) is 2.21. The van der Waals surface area contributed by atoms with E-state index < -0.39 is 0 Å². The fourth-order valence-corrected chi connectivity index (χ4v) is 2.56. The number of nitrogens with zero attached hydrogens (tertiary/aromatic N) is 5. The lowest BCUT2D eigenvalue weighted by Crippen LogP contribution is -2.30. The maximum absolute atomic E-state index is 9.32. The van der Waals surface area contributed by atoms with Gasteiger partial charge in [0, 0.05) is 0 Å². The first-order valence-corrected chi connectivity index (χ1v) is 7.30. The minimum absolute atomic E-state index is 0.304. The van der Waals surface area contributed by atoms with E-state index >= 15 is 0 Å². The number of hydrogen-bond donors (Lipinski definition) is 1. The van der Waals surface area contributed by atoms with Crippen LogP contribution in [0.25, 0.3) is 0 Å². The molecule has 1 aromatic carbocycles. The lowest BCUT2D eigenvalue weighted by atomic mass is 9.98. The zero-order chi connectivity index (χ0) is 14.1. The standard InChI is InChI=1S/C13H13N5OS/c1-8-10(17-19)11(9-6-4-3-5-7-9)18-12(14-8)15-13(16-18)20-2/h3-7,11,19H,1-2H3/t11-/m0/s1. The highest BCUT2D eigenvalue weighted by molar-refractivity contribution is 7.98. The van der Waals surface area contributed by atoms with E-state index in [1.165, 1.54) is 11.8 Å². The number of rotatable bonds is 2. The number of aromatic nitrogens is 3. The van der Waals surface area contributed by atoms with Gasteiger partial charge in [-0.3, -0.25) is 0 Å². The van der Waals surface area contributed by atoms with Crippen LogP contribution < -0.4 is 0 Å². The summed E-state index contributed by atoms with van der Waals surface area (Å²) >= 11 is 1.45. The molecule has 3 rings (SSSR count). The van der Waals surface area contributed by atoms with Crippen LogP contribution in [0, 0.1) is 0 Å². The molecule has 2 heterocycles. The minimum Gasteiger partial charge on any atom is -0.411 e. The first-order chi connectivity index (χ1) is 9.74. The second-order valence-corrected chi connectivity index (χ2v) is 5.11. The quantitative estimate of drug-likeness (QED) is 0.523. The molecule has 0 fully saturated rings. The summed E-state index contributed by atoms with van der Waals surface area (Å²) in [5.74, 6) is 0.535. The molecule has 0 bridgehead atoms. The summed E-state index contributed by atoms with van der Waals surface area (Å²) in [6.07, 6.45) is 1.91. The van der Waals surface area contributed by atoms with Gasteiger partial charge in [0.25, 0.3) is 0 Å². The summed E-state index contributed by atoms with van der Waals surface area (Å²) in [7, 11) is 0. The molecule has 0 radical (unpaired) electrons. The molecule has 0 saturated heterocycles. The van der Waals surface area contributed by atoms with E-state index in [1.54, 1.807) is 4.68 Å². The molecule has 0 aliphatic carbocycles. The van der Waals surface area contributed by atoms with Crippen molar-refractivity contribution >= 4 is 29.1 Å². The van der Waals surface area contributed by atoms with Crippen LogP contribution in [-0.4, -0.2) is 37.7 Å². The zero-order valence-corrected chi connectivity index (χ0v) is 11.9. The Morgan fingerprint density at radius 1 is 1.30 bits per heavy atom. The van der Waals surface area contributed by atoms with Crippen molar-refractivity contribution < 1.29 is 5.21 Å². The van der Waals surface area contributed by atoms with Gasteiger partial charge in [0.05, 0.1) is 5.71 Å². The molecule has 1 atom stereocenters. The molecule has 20 heavy (non-hydrogen) atoms. The van der Waals surface area contributed by atoms with Crippen LogP contribution in [0.5, 0.6) is 0 Å². The number of thioether (sulfide) groups is 1. The summed E-state index contributed by atoms with van der Waals surface area (Å²) in [4.78, 5) is 8.70. The molecule has 1 aromatic heterocycles. The Bertz CT molecular complexity index is 692. The normalized spacial score (nSPS) is 19.8. The van der Waals surface area contributed by atoms with Gasteiger partial charge >= 0.3 is 0 Å². The van der Waals surface area contributed by atoms with Crippen LogP contribution in [0.2, 0.25) is 0 Å². The topological polar surface area (TPSA) is 75.7 Å². The van der Waals surface area contributed by atoms with Gasteiger partial charge in [0.2, 0.25) is 11.1 Å². The van der Waals surface area contributed by atoms with Crippen LogP contribution in [-0.2, 0) is 0 Å². The summed E-state index contributed by atoms with van der Waals surface area (Å²) in [6, 6.07) is 9.47. The molecule has 1 N–H and O–H groups in total. The number of hydrogen-bond acceptors (Lipinski definition) is 6. The Balaban J connectivity index is 2.20. The predicted molar refractivity (Wildman–Crippen MR) is 78.4 cm³/mol. The van der Waals surface area contributed by atoms with Gasteiger partial charge in [0.1, 0.15) is 11.8 Å². The van der Waals surface area contributed by atoms with E-state index in [9.17, 15) is 5.21 Å². The third-order valence-electron chi connectivity index (χ3n) is 3.14. The van der Waals surface area contributed by atoms with Crippen LogP contribution >= 0.6 is 11.8 Å². The molecule has 0 unspecified atom stereocenters. The maximum Gasteiger partial charge on any atom is 0.250 e. The fraction of sp³-hybridized carbons (Fsp3) is 0.231. The Kier molecular flexibility index (Phi) is 3.27. The molecule has 102 valence electrons. The van der Waals surface area contributed by atoms with Crippen molar-refractivity contribution in [3.8, 4) is 0 Å². The molecular weight excluding hydrogens is 274 g/mol. The van der Waals surface area contributed by atoms with Gasteiger partial charge in [-0.2, -0.15) is 4.98 Å². The first kappa shape index (κ1) is 12.9. The Morgan fingerprint density at radius 2 is 2.05 bits per heavy atom. The van der Waals surface area contributed by atoms with E-state index in [0.717, 1.165) is 5.56 Å². The minimum atomic E-state index is -0.304. The van der Waals surface area contributed by atoms with Crippen LogP contribution in [0.15, 0.2) is 45.6 Å². The lowest BCUT2D eigenvalue weighted by Gasteiger charge is -2.23. The second kappa shape index (κ2) is 5.09. The molecule has 6 nitrogen and oxygen atoms in total. The average Bonchev–Trinajstić information content (AvgIpc) is 2.89. The van der Waals surface area contributed by atoms with Crippen LogP contribution in [0.3, 0.4) is 0 Å². The SMILES string of the molecule is CSc1nc2n(n1)[C@@H](c1ccccc1)C(=NO)C(C)=N2. The van der Waals surface area contributed by atoms with Crippen molar-refractivity contribution in [1.82, 2.24) is 14.8 Å². The van der Waals surface area contributed by atoms with Gasteiger partial charge in [-0.15, -0.1) is 5.10 Å². The molecule has 0 saturated carbocycles. The highest BCUT2D eigenvalue weighted by atomic mass is 32.2. The number of aliphatic imine (C=N–C) groups is 1. The third-order valence-corrected chi connectivity index (χ3v) is 3.68. The van der Waals surface area contributed by atoms with Crippen molar-refractivity contribution in [3.63, 3.8) is 0 Å². The second-order valence-electron chi connectivity index (χ2n) is 4.34.